The Morgan fingerprint density at radius 2 is 1.64 bits per heavy atom. The molecule has 230 valence electrons. The van der Waals surface area contributed by atoms with Crippen molar-refractivity contribution in [3.63, 3.8) is 0 Å². The van der Waals surface area contributed by atoms with Gasteiger partial charge < -0.3 is 20.3 Å². The van der Waals surface area contributed by atoms with E-state index in [1.54, 1.807) is 47.4 Å². The number of rotatable bonds is 6. The van der Waals surface area contributed by atoms with Crippen LogP contribution in [0.1, 0.15) is 56.5 Å². The maximum absolute atomic E-state index is 14.4. The van der Waals surface area contributed by atoms with Gasteiger partial charge in [-0.15, -0.1) is 0 Å². The van der Waals surface area contributed by atoms with Gasteiger partial charge in [0.15, 0.2) is 0 Å². The second kappa shape index (κ2) is 12.9. The van der Waals surface area contributed by atoms with E-state index in [-0.39, 0.29) is 24.4 Å². The number of piperazine rings is 1. The average Bonchev–Trinajstić information content (AvgIpc) is 3.37. The van der Waals surface area contributed by atoms with E-state index in [2.05, 4.69) is 10.6 Å². The van der Waals surface area contributed by atoms with Crippen molar-refractivity contribution < 1.29 is 19.1 Å². The maximum Gasteiger partial charge on any atom is 0.326 e. The third-order valence-corrected chi connectivity index (χ3v) is 7.97. The smallest absolute Gasteiger partial charge is 0.326 e. The third kappa shape index (κ3) is 6.69. The van der Waals surface area contributed by atoms with Crippen LogP contribution in [0.4, 0.5) is 10.5 Å². The first-order chi connectivity index (χ1) is 21.0. The van der Waals surface area contributed by atoms with Crippen LogP contribution in [0.2, 0.25) is 10.0 Å². The van der Waals surface area contributed by atoms with Crippen LogP contribution in [0.3, 0.4) is 0 Å². The molecule has 2 aliphatic heterocycles. The minimum Gasteiger partial charge on any atom is -0.493 e. The Balaban J connectivity index is 1.67. The van der Waals surface area contributed by atoms with Crippen LogP contribution in [0, 0.1) is 5.41 Å². The van der Waals surface area contributed by atoms with E-state index in [1.807, 2.05) is 52.0 Å². The summed E-state index contributed by atoms with van der Waals surface area (Å²) >= 11 is 12.5. The predicted octanol–water partition coefficient (Wildman–Crippen LogP) is 6.47. The summed E-state index contributed by atoms with van der Waals surface area (Å²) in [5, 5.41) is 6.88. The Morgan fingerprint density at radius 3 is 2.23 bits per heavy atom. The summed E-state index contributed by atoms with van der Waals surface area (Å²) in [4.78, 5) is 47.9. The number of aliphatic imine (C=N–C) groups is 1. The summed E-state index contributed by atoms with van der Waals surface area (Å²) in [7, 11) is 0. The largest absolute Gasteiger partial charge is 0.493 e. The quantitative estimate of drug-likeness (QED) is 0.324. The second-order valence-corrected chi connectivity index (χ2v) is 12.6. The van der Waals surface area contributed by atoms with Gasteiger partial charge in [0, 0.05) is 40.3 Å². The number of benzene rings is 3. The standard InChI is InChI=1S/C33H35Cl2N5O4/c1-5-44-26-18-24(37-31(42)33(2,3)4)14-15-25(26)30-38-28(20-6-10-22(34)11-7-20)29(21-8-12-23(35)13-9-21)40(30)32(43)39-17-16-36-27(41)19-39/h6-15,18,28-29H,5,16-17,19H2,1-4H3,(H,36,41)(H,37,42). The van der Waals surface area contributed by atoms with Gasteiger partial charge in [0.25, 0.3) is 0 Å². The van der Waals surface area contributed by atoms with Crippen LogP contribution in [0.15, 0.2) is 71.7 Å². The van der Waals surface area contributed by atoms with Crippen molar-refractivity contribution >= 4 is 52.6 Å². The fourth-order valence-electron chi connectivity index (χ4n) is 5.19. The summed E-state index contributed by atoms with van der Waals surface area (Å²) in [6.45, 7) is 8.36. The molecule has 0 saturated carbocycles. The van der Waals surface area contributed by atoms with Crippen LogP contribution in [0.5, 0.6) is 5.75 Å². The van der Waals surface area contributed by atoms with Crippen molar-refractivity contribution in [2.75, 3.05) is 31.6 Å². The third-order valence-electron chi connectivity index (χ3n) is 7.47. The average molecular weight is 637 g/mol. The summed E-state index contributed by atoms with van der Waals surface area (Å²) in [5.41, 5.74) is 2.21. The molecule has 1 fully saturated rings. The van der Waals surface area contributed by atoms with Gasteiger partial charge in [-0.1, -0.05) is 68.2 Å². The highest BCUT2D eigenvalue weighted by Crippen LogP contribution is 2.45. The van der Waals surface area contributed by atoms with Gasteiger partial charge in [0.05, 0.1) is 18.2 Å². The van der Waals surface area contributed by atoms with Gasteiger partial charge in [-0.05, 0) is 54.4 Å². The molecule has 4 amide bonds. The normalized spacial score (nSPS) is 18.5. The monoisotopic (exact) mass is 635 g/mol. The summed E-state index contributed by atoms with van der Waals surface area (Å²) in [5.74, 6) is 0.474. The number of carbonyl (C=O) groups is 3. The van der Waals surface area contributed by atoms with Gasteiger partial charge in [-0.2, -0.15) is 0 Å². The molecule has 2 aliphatic rings. The zero-order chi connectivity index (χ0) is 31.6. The van der Waals surface area contributed by atoms with Crippen molar-refractivity contribution in [1.82, 2.24) is 15.1 Å². The number of nitrogens with zero attached hydrogens (tertiary/aromatic N) is 3. The van der Waals surface area contributed by atoms with Crippen LogP contribution < -0.4 is 15.4 Å². The van der Waals surface area contributed by atoms with E-state index in [0.717, 1.165) is 11.1 Å². The Kier molecular flexibility index (Phi) is 9.18. The predicted molar refractivity (Wildman–Crippen MR) is 172 cm³/mol. The van der Waals surface area contributed by atoms with E-state index in [9.17, 15) is 14.4 Å². The van der Waals surface area contributed by atoms with Crippen LogP contribution in [-0.4, -0.2) is 59.7 Å². The molecule has 9 nitrogen and oxygen atoms in total. The van der Waals surface area contributed by atoms with Crippen molar-refractivity contribution in [3.8, 4) is 5.75 Å². The Hall–Kier alpha value is -4.08. The number of amides is 4. The molecule has 2 atom stereocenters. The molecule has 0 radical (unpaired) electrons. The van der Waals surface area contributed by atoms with Gasteiger partial charge in [0.1, 0.15) is 24.2 Å². The first kappa shape index (κ1) is 31.3. The van der Waals surface area contributed by atoms with Crippen LogP contribution in [0.25, 0.3) is 0 Å². The molecule has 0 aliphatic carbocycles. The lowest BCUT2D eigenvalue weighted by Crippen LogP contribution is -2.55. The molecule has 11 heteroatoms. The number of halogens is 2. The molecular formula is C33H35Cl2N5O4. The van der Waals surface area contributed by atoms with E-state index >= 15 is 0 Å². The Labute approximate surface area is 267 Å². The molecule has 5 rings (SSSR count). The molecule has 3 aromatic rings. The van der Waals surface area contributed by atoms with Gasteiger partial charge in [-0.3, -0.25) is 19.5 Å². The Bertz CT molecular complexity index is 1590. The minimum absolute atomic E-state index is 0.0718. The second-order valence-electron chi connectivity index (χ2n) is 11.7. The maximum atomic E-state index is 14.4. The Morgan fingerprint density at radius 1 is 1.00 bits per heavy atom. The number of hydrogen-bond donors (Lipinski definition) is 2. The molecule has 0 spiro atoms. The summed E-state index contributed by atoms with van der Waals surface area (Å²) in [6, 6.07) is 18.6. The van der Waals surface area contributed by atoms with E-state index in [1.165, 1.54) is 4.90 Å². The summed E-state index contributed by atoms with van der Waals surface area (Å²) in [6.07, 6.45) is 0. The minimum atomic E-state index is -0.596. The van der Waals surface area contributed by atoms with Crippen molar-refractivity contribution in [2.45, 2.75) is 39.8 Å². The molecule has 2 heterocycles. The lowest BCUT2D eigenvalue weighted by Gasteiger charge is -2.35. The lowest BCUT2D eigenvalue weighted by molar-refractivity contribution is -0.124. The number of amidine groups is 1. The number of hydrogen-bond acceptors (Lipinski definition) is 5. The zero-order valence-electron chi connectivity index (χ0n) is 25.1. The molecule has 0 bridgehead atoms. The molecule has 2 N–H and O–H groups in total. The first-order valence-electron chi connectivity index (χ1n) is 14.5. The van der Waals surface area contributed by atoms with E-state index < -0.39 is 17.5 Å². The summed E-state index contributed by atoms with van der Waals surface area (Å²) < 4.78 is 6.08. The number of carbonyl (C=O) groups excluding carboxylic acids is 3. The number of nitrogens with one attached hydrogen (secondary N) is 2. The molecule has 1 saturated heterocycles. The fourth-order valence-corrected chi connectivity index (χ4v) is 5.44. The zero-order valence-corrected chi connectivity index (χ0v) is 26.6. The van der Waals surface area contributed by atoms with E-state index in [0.29, 0.717) is 52.6 Å². The highest BCUT2D eigenvalue weighted by molar-refractivity contribution is 6.30. The fraction of sp³-hybridized carbons (Fsp3) is 0.333. The highest BCUT2D eigenvalue weighted by atomic mass is 35.5. The molecule has 44 heavy (non-hydrogen) atoms. The van der Waals surface area contributed by atoms with Gasteiger partial charge in [-0.25, -0.2) is 4.79 Å². The van der Waals surface area contributed by atoms with E-state index in [4.69, 9.17) is 32.9 Å². The molecule has 0 aromatic heterocycles. The number of urea groups is 1. The lowest BCUT2D eigenvalue weighted by atomic mass is 9.93. The van der Waals surface area contributed by atoms with Gasteiger partial charge in [0.2, 0.25) is 11.8 Å². The van der Waals surface area contributed by atoms with Crippen molar-refractivity contribution in [3.05, 3.63) is 93.5 Å². The SMILES string of the molecule is CCOc1cc(NC(=O)C(C)(C)C)ccc1C1=NC(c2ccc(Cl)cc2)C(c2ccc(Cl)cc2)N1C(=O)N1CCNC(=O)C1. The van der Waals surface area contributed by atoms with Crippen LogP contribution in [-0.2, 0) is 9.59 Å². The topological polar surface area (TPSA) is 103 Å². The van der Waals surface area contributed by atoms with Crippen LogP contribution >= 0.6 is 23.2 Å². The van der Waals surface area contributed by atoms with Gasteiger partial charge >= 0.3 is 6.03 Å². The number of anilines is 1. The molecule has 2 unspecified atom stereocenters. The first-order valence-corrected chi connectivity index (χ1v) is 15.2. The number of ether oxygens (including phenoxy) is 1. The molecule has 3 aromatic carbocycles. The van der Waals surface area contributed by atoms with Crippen molar-refractivity contribution in [2.24, 2.45) is 10.4 Å². The molecular weight excluding hydrogens is 601 g/mol. The van der Waals surface area contributed by atoms with Crippen molar-refractivity contribution in [1.29, 1.82) is 0 Å². The highest BCUT2D eigenvalue weighted by Gasteiger charge is 2.45.